The van der Waals surface area contributed by atoms with Crippen molar-refractivity contribution in [2.24, 2.45) is 5.73 Å². The van der Waals surface area contributed by atoms with Crippen LogP contribution in [0, 0.1) is 0 Å². The van der Waals surface area contributed by atoms with Crippen molar-refractivity contribution in [1.29, 1.82) is 0 Å². The molecule has 0 aromatic carbocycles. The van der Waals surface area contributed by atoms with E-state index in [-0.39, 0.29) is 27.1 Å². The van der Waals surface area contributed by atoms with E-state index in [4.69, 9.17) is 5.73 Å². The number of nitrogens with two attached hydrogens (primary N) is 1. The zero-order chi connectivity index (χ0) is 10.3. The van der Waals surface area contributed by atoms with E-state index < -0.39 is 5.91 Å². The van der Waals surface area contributed by atoms with Crippen LogP contribution in [0.4, 0.5) is 0 Å². The standard InChI is InChI=1S/C8H4N2O3S/c9-7(13)8-10-5-3(11)1-2-4(12)6(5)14-8/h1-2H,(H2,9,13). The average Bonchev–Trinajstić information content (AvgIpc) is 2.57. The maximum atomic E-state index is 11.2. The second kappa shape index (κ2) is 2.85. The average molecular weight is 208 g/mol. The van der Waals surface area contributed by atoms with E-state index in [9.17, 15) is 14.4 Å². The Morgan fingerprint density at radius 2 is 1.93 bits per heavy atom. The fourth-order valence-corrected chi connectivity index (χ4v) is 1.91. The van der Waals surface area contributed by atoms with E-state index in [0.717, 1.165) is 23.5 Å². The number of aromatic nitrogens is 1. The summed E-state index contributed by atoms with van der Waals surface area (Å²) in [5.41, 5.74) is 5.01. The van der Waals surface area contributed by atoms with Crippen LogP contribution in [0.3, 0.4) is 0 Å². The van der Waals surface area contributed by atoms with Gasteiger partial charge in [-0.05, 0) is 12.2 Å². The summed E-state index contributed by atoms with van der Waals surface area (Å²) in [6.45, 7) is 0. The summed E-state index contributed by atoms with van der Waals surface area (Å²) in [5.74, 6) is -1.42. The van der Waals surface area contributed by atoms with E-state index in [1.54, 1.807) is 0 Å². The number of fused-ring (bicyclic) bond motifs is 1. The molecule has 5 nitrogen and oxygen atoms in total. The molecule has 0 aliphatic heterocycles. The van der Waals surface area contributed by atoms with Gasteiger partial charge in [-0.2, -0.15) is 0 Å². The second-order valence-electron chi connectivity index (χ2n) is 2.62. The lowest BCUT2D eigenvalue weighted by Gasteiger charge is -1.98. The molecule has 1 aliphatic carbocycles. The van der Waals surface area contributed by atoms with Crippen LogP contribution < -0.4 is 5.73 Å². The van der Waals surface area contributed by atoms with Crippen molar-refractivity contribution in [1.82, 2.24) is 4.98 Å². The van der Waals surface area contributed by atoms with Gasteiger partial charge in [-0.3, -0.25) is 14.4 Å². The number of rotatable bonds is 1. The molecular weight excluding hydrogens is 204 g/mol. The molecule has 1 aliphatic rings. The summed E-state index contributed by atoms with van der Waals surface area (Å²) in [6.07, 6.45) is 2.29. The monoisotopic (exact) mass is 208 g/mol. The number of ketones is 2. The Bertz CT molecular complexity index is 451. The van der Waals surface area contributed by atoms with Crippen molar-refractivity contribution in [2.45, 2.75) is 0 Å². The molecule has 1 aromatic heterocycles. The van der Waals surface area contributed by atoms with Crippen LogP contribution in [0.15, 0.2) is 12.2 Å². The van der Waals surface area contributed by atoms with E-state index >= 15 is 0 Å². The van der Waals surface area contributed by atoms with Gasteiger partial charge in [-0.1, -0.05) is 0 Å². The molecule has 70 valence electrons. The lowest BCUT2D eigenvalue weighted by Crippen LogP contribution is -2.11. The lowest BCUT2D eigenvalue weighted by atomic mass is 10.1. The number of hydrogen-bond donors (Lipinski definition) is 1. The van der Waals surface area contributed by atoms with Crippen LogP contribution in [-0.2, 0) is 0 Å². The van der Waals surface area contributed by atoms with Crippen LogP contribution in [-0.4, -0.2) is 22.5 Å². The highest BCUT2D eigenvalue weighted by Gasteiger charge is 2.25. The Balaban J connectivity index is 2.61. The van der Waals surface area contributed by atoms with E-state index in [2.05, 4.69) is 4.98 Å². The zero-order valence-electron chi connectivity index (χ0n) is 6.81. The van der Waals surface area contributed by atoms with E-state index in [1.165, 1.54) is 0 Å². The molecule has 0 spiro atoms. The summed E-state index contributed by atoms with van der Waals surface area (Å²) in [7, 11) is 0. The van der Waals surface area contributed by atoms with Crippen molar-refractivity contribution < 1.29 is 14.4 Å². The maximum Gasteiger partial charge on any atom is 0.277 e. The van der Waals surface area contributed by atoms with Crippen molar-refractivity contribution in [3.05, 3.63) is 27.7 Å². The topological polar surface area (TPSA) is 90.1 Å². The number of carbonyl (C=O) groups excluding carboxylic acids is 3. The number of hydrogen-bond acceptors (Lipinski definition) is 5. The van der Waals surface area contributed by atoms with Crippen LogP contribution in [0.1, 0.15) is 30.0 Å². The lowest BCUT2D eigenvalue weighted by molar-refractivity contribution is 0.0990. The second-order valence-corrected chi connectivity index (χ2v) is 3.62. The highest BCUT2D eigenvalue weighted by atomic mass is 32.1. The summed E-state index contributed by atoms with van der Waals surface area (Å²) < 4.78 is 0. The zero-order valence-corrected chi connectivity index (χ0v) is 7.63. The van der Waals surface area contributed by atoms with E-state index in [0.29, 0.717) is 0 Å². The molecule has 0 saturated heterocycles. The van der Waals surface area contributed by atoms with Gasteiger partial charge in [0.15, 0.2) is 10.8 Å². The predicted molar refractivity (Wildman–Crippen MR) is 48.4 cm³/mol. The van der Waals surface area contributed by atoms with Crippen LogP contribution in [0.25, 0.3) is 0 Å². The molecule has 1 aromatic rings. The highest BCUT2D eigenvalue weighted by molar-refractivity contribution is 7.16. The van der Waals surface area contributed by atoms with Gasteiger partial charge in [0.2, 0.25) is 5.78 Å². The molecule has 0 bridgehead atoms. The molecule has 0 radical (unpaired) electrons. The predicted octanol–water partition coefficient (Wildman–Crippen LogP) is 0.177. The van der Waals surface area contributed by atoms with Gasteiger partial charge in [0.05, 0.1) is 0 Å². The molecule has 0 unspecified atom stereocenters. The minimum absolute atomic E-state index is 0.0135. The molecular formula is C8H4N2O3S. The van der Waals surface area contributed by atoms with Crippen LogP contribution in [0.5, 0.6) is 0 Å². The molecule has 6 heteroatoms. The first kappa shape index (κ1) is 8.76. The van der Waals surface area contributed by atoms with Crippen molar-refractivity contribution in [3.8, 4) is 0 Å². The van der Waals surface area contributed by atoms with Crippen molar-refractivity contribution >= 4 is 28.8 Å². The molecule has 2 N–H and O–H groups in total. The van der Waals surface area contributed by atoms with Gasteiger partial charge in [-0.25, -0.2) is 4.98 Å². The third-order valence-corrected chi connectivity index (χ3v) is 2.77. The first-order chi connectivity index (χ1) is 6.59. The molecule has 1 amide bonds. The number of carbonyl (C=O) groups is 3. The normalized spacial score (nSPS) is 14.3. The molecule has 0 fully saturated rings. The minimum atomic E-state index is -0.731. The third-order valence-electron chi connectivity index (χ3n) is 1.68. The van der Waals surface area contributed by atoms with Crippen molar-refractivity contribution in [2.75, 3.05) is 0 Å². The SMILES string of the molecule is NC(=O)c1nc2c(s1)C(=O)C=CC2=O. The smallest absolute Gasteiger partial charge is 0.277 e. The highest BCUT2D eigenvalue weighted by Crippen LogP contribution is 2.23. The summed E-state index contributed by atoms with van der Waals surface area (Å²) in [6, 6.07) is 0. The quantitative estimate of drug-likeness (QED) is 0.712. The number of primary amides is 1. The number of allylic oxidation sites excluding steroid dienone is 2. The summed E-state index contributed by atoms with van der Waals surface area (Å²) in [5, 5.41) is -0.0135. The van der Waals surface area contributed by atoms with Gasteiger partial charge in [0.25, 0.3) is 5.91 Å². The molecule has 2 rings (SSSR count). The van der Waals surface area contributed by atoms with Crippen molar-refractivity contribution in [3.63, 3.8) is 0 Å². The molecule has 14 heavy (non-hydrogen) atoms. The fraction of sp³-hybridized carbons (Fsp3) is 0. The number of amides is 1. The Hall–Kier alpha value is -1.82. The van der Waals surface area contributed by atoms with Gasteiger partial charge in [-0.15, -0.1) is 11.3 Å². The first-order valence-electron chi connectivity index (χ1n) is 3.67. The first-order valence-corrected chi connectivity index (χ1v) is 4.48. The Morgan fingerprint density at radius 3 is 2.50 bits per heavy atom. The largest absolute Gasteiger partial charge is 0.364 e. The summed E-state index contributed by atoms with van der Waals surface area (Å²) in [4.78, 5) is 37.1. The van der Waals surface area contributed by atoms with Gasteiger partial charge in [0.1, 0.15) is 10.6 Å². The van der Waals surface area contributed by atoms with Crippen LogP contribution in [0.2, 0.25) is 0 Å². The summed E-state index contributed by atoms with van der Waals surface area (Å²) >= 11 is 0.848. The van der Waals surface area contributed by atoms with Gasteiger partial charge >= 0.3 is 0 Å². The maximum absolute atomic E-state index is 11.2. The Kier molecular flexibility index (Phi) is 1.78. The fourth-order valence-electron chi connectivity index (χ4n) is 1.07. The molecule has 1 heterocycles. The molecule has 0 atom stereocenters. The minimum Gasteiger partial charge on any atom is -0.364 e. The Morgan fingerprint density at radius 1 is 1.29 bits per heavy atom. The number of thiazole rings is 1. The van der Waals surface area contributed by atoms with E-state index in [1.807, 2.05) is 0 Å². The van der Waals surface area contributed by atoms with Gasteiger partial charge in [0, 0.05) is 0 Å². The molecule has 0 saturated carbocycles. The number of nitrogens with zero attached hydrogens (tertiary/aromatic N) is 1. The third kappa shape index (κ3) is 1.16. The Labute approximate surface area is 82.2 Å². The van der Waals surface area contributed by atoms with Crippen LogP contribution >= 0.6 is 11.3 Å². The van der Waals surface area contributed by atoms with Gasteiger partial charge < -0.3 is 5.73 Å².